The van der Waals surface area contributed by atoms with Crippen molar-refractivity contribution >= 4 is 28.5 Å². The predicted molar refractivity (Wildman–Crippen MR) is 104 cm³/mol. The number of nitrogens with zero attached hydrogens (tertiary/aromatic N) is 1. The molecule has 6 heteroatoms. The summed E-state index contributed by atoms with van der Waals surface area (Å²) < 4.78 is 11.8. The normalized spacial score (nSPS) is 13.7. The molecule has 0 radical (unpaired) electrons. The number of thioether (sulfide) groups is 1. The van der Waals surface area contributed by atoms with Gasteiger partial charge in [-0.2, -0.15) is 0 Å². The first-order chi connectivity index (χ1) is 10.9. The number of hydrogen-bond donors (Lipinski definition) is 2. The summed E-state index contributed by atoms with van der Waals surface area (Å²) >= 11 is 1.82. The molecule has 1 aromatic carbocycles. The molecule has 0 spiro atoms. The molecule has 130 valence electrons. The minimum atomic E-state index is -0.857. The second-order valence-corrected chi connectivity index (χ2v) is 9.50. The van der Waals surface area contributed by atoms with Gasteiger partial charge in [0, 0.05) is 45.0 Å². The van der Waals surface area contributed by atoms with Crippen molar-refractivity contribution in [2.24, 2.45) is 4.99 Å². The molecule has 0 aliphatic rings. The van der Waals surface area contributed by atoms with E-state index in [1.165, 1.54) is 4.90 Å². The van der Waals surface area contributed by atoms with Gasteiger partial charge in [-0.3, -0.25) is 9.20 Å². The summed E-state index contributed by atoms with van der Waals surface area (Å²) in [4.78, 5) is 5.78. The number of aliphatic imine (C=N–C) groups is 1. The van der Waals surface area contributed by atoms with Crippen LogP contribution in [-0.2, 0) is 10.8 Å². The standard InChI is InChI=1S/C17H29N3OS2/c1-5-18-16(20-12-14-23(21)17(2,3)4)19-11-13-22-15-9-7-6-8-10-15/h6-10H,5,11-14H2,1-4H3,(H2,18,19,20). The molecule has 0 fully saturated rings. The summed E-state index contributed by atoms with van der Waals surface area (Å²) in [6.45, 7) is 10.3. The van der Waals surface area contributed by atoms with Gasteiger partial charge in [-0.1, -0.05) is 18.2 Å². The van der Waals surface area contributed by atoms with Crippen LogP contribution in [0, 0.1) is 0 Å². The van der Waals surface area contributed by atoms with Crippen molar-refractivity contribution in [3.05, 3.63) is 30.3 Å². The lowest BCUT2D eigenvalue weighted by atomic mass is 10.3. The zero-order valence-electron chi connectivity index (χ0n) is 14.6. The maximum Gasteiger partial charge on any atom is 0.191 e. The fourth-order valence-corrected chi connectivity index (χ4v) is 3.40. The van der Waals surface area contributed by atoms with E-state index >= 15 is 0 Å². The molecule has 1 rings (SSSR count). The first-order valence-electron chi connectivity index (χ1n) is 8.02. The Hall–Kier alpha value is -1.01. The van der Waals surface area contributed by atoms with Crippen molar-refractivity contribution in [2.75, 3.05) is 31.1 Å². The van der Waals surface area contributed by atoms with Gasteiger partial charge < -0.3 is 10.6 Å². The van der Waals surface area contributed by atoms with Crippen molar-refractivity contribution < 1.29 is 4.21 Å². The maximum absolute atomic E-state index is 12.0. The van der Waals surface area contributed by atoms with E-state index in [4.69, 9.17) is 0 Å². The van der Waals surface area contributed by atoms with Gasteiger partial charge in [0.15, 0.2) is 5.96 Å². The first-order valence-corrected chi connectivity index (χ1v) is 10.3. The second kappa shape index (κ2) is 10.7. The summed E-state index contributed by atoms with van der Waals surface area (Å²) in [5.74, 6) is 2.37. The third-order valence-electron chi connectivity index (χ3n) is 2.98. The van der Waals surface area contributed by atoms with E-state index in [1.807, 2.05) is 45.5 Å². The minimum Gasteiger partial charge on any atom is -0.357 e. The van der Waals surface area contributed by atoms with E-state index in [2.05, 4.69) is 39.9 Å². The van der Waals surface area contributed by atoms with E-state index < -0.39 is 10.8 Å². The molecular weight excluding hydrogens is 326 g/mol. The summed E-state index contributed by atoms with van der Waals surface area (Å²) in [6.07, 6.45) is 0. The van der Waals surface area contributed by atoms with Gasteiger partial charge >= 0.3 is 0 Å². The summed E-state index contributed by atoms with van der Waals surface area (Å²) in [5.41, 5.74) is 0. The van der Waals surface area contributed by atoms with Crippen LogP contribution in [0.15, 0.2) is 40.2 Å². The molecule has 1 aromatic rings. The zero-order chi connectivity index (χ0) is 17.1. The molecule has 0 saturated heterocycles. The molecular formula is C17H29N3OS2. The van der Waals surface area contributed by atoms with E-state index in [1.54, 1.807) is 0 Å². The quantitative estimate of drug-likeness (QED) is 0.326. The highest BCUT2D eigenvalue weighted by Gasteiger charge is 2.18. The van der Waals surface area contributed by atoms with Crippen LogP contribution in [0.1, 0.15) is 27.7 Å². The lowest BCUT2D eigenvalue weighted by Gasteiger charge is -2.17. The highest BCUT2D eigenvalue weighted by atomic mass is 32.2. The smallest absolute Gasteiger partial charge is 0.191 e. The van der Waals surface area contributed by atoms with Gasteiger partial charge in [0.1, 0.15) is 0 Å². The highest BCUT2D eigenvalue weighted by Crippen LogP contribution is 2.15. The third kappa shape index (κ3) is 9.01. The van der Waals surface area contributed by atoms with Gasteiger partial charge in [0.25, 0.3) is 0 Å². The zero-order valence-corrected chi connectivity index (χ0v) is 16.2. The van der Waals surface area contributed by atoms with E-state index in [9.17, 15) is 4.21 Å². The van der Waals surface area contributed by atoms with Crippen molar-refractivity contribution in [3.63, 3.8) is 0 Å². The lowest BCUT2D eigenvalue weighted by Crippen LogP contribution is -2.38. The van der Waals surface area contributed by atoms with Gasteiger partial charge in [0.2, 0.25) is 0 Å². The number of rotatable bonds is 8. The van der Waals surface area contributed by atoms with Crippen LogP contribution in [0.5, 0.6) is 0 Å². The molecule has 0 saturated carbocycles. The van der Waals surface area contributed by atoms with Gasteiger partial charge in [-0.05, 0) is 39.8 Å². The van der Waals surface area contributed by atoms with Crippen molar-refractivity contribution in [2.45, 2.75) is 37.3 Å². The fraction of sp³-hybridized carbons (Fsp3) is 0.588. The average molecular weight is 356 g/mol. The Kier molecular flexibility index (Phi) is 9.33. The Labute approximate surface area is 147 Å². The predicted octanol–water partition coefficient (Wildman–Crippen LogP) is 2.88. The second-order valence-electron chi connectivity index (χ2n) is 6.01. The van der Waals surface area contributed by atoms with Crippen LogP contribution < -0.4 is 10.6 Å². The molecule has 2 N–H and O–H groups in total. The molecule has 0 aliphatic heterocycles. The highest BCUT2D eigenvalue weighted by molar-refractivity contribution is 7.99. The SMILES string of the molecule is CCNC(=NCCS(=O)C(C)(C)C)NCCSc1ccccc1. The van der Waals surface area contributed by atoms with Crippen molar-refractivity contribution in [3.8, 4) is 0 Å². The summed E-state index contributed by atoms with van der Waals surface area (Å²) in [5, 5.41) is 6.55. The van der Waals surface area contributed by atoms with Crippen LogP contribution in [0.25, 0.3) is 0 Å². The van der Waals surface area contributed by atoms with E-state index in [-0.39, 0.29) is 4.75 Å². The monoisotopic (exact) mass is 355 g/mol. The molecule has 1 atom stereocenters. The maximum atomic E-state index is 12.0. The largest absolute Gasteiger partial charge is 0.357 e. The van der Waals surface area contributed by atoms with E-state index in [0.29, 0.717) is 12.3 Å². The van der Waals surface area contributed by atoms with Gasteiger partial charge in [-0.25, -0.2) is 0 Å². The third-order valence-corrected chi connectivity index (χ3v) is 5.91. The molecule has 0 aromatic heterocycles. The first kappa shape index (κ1) is 20.0. The van der Waals surface area contributed by atoms with Crippen molar-refractivity contribution in [1.29, 1.82) is 0 Å². The number of nitrogens with one attached hydrogen (secondary N) is 2. The van der Waals surface area contributed by atoms with Gasteiger partial charge in [0.05, 0.1) is 6.54 Å². The van der Waals surface area contributed by atoms with Crippen LogP contribution in [-0.4, -0.2) is 46.1 Å². The Bertz CT molecular complexity index is 498. The van der Waals surface area contributed by atoms with E-state index in [0.717, 1.165) is 24.8 Å². The molecule has 0 amide bonds. The molecule has 0 bridgehead atoms. The molecule has 0 aliphatic carbocycles. The molecule has 23 heavy (non-hydrogen) atoms. The van der Waals surface area contributed by atoms with Crippen LogP contribution in [0.4, 0.5) is 0 Å². The Morgan fingerprint density at radius 3 is 2.52 bits per heavy atom. The number of guanidine groups is 1. The van der Waals surface area contributed by atoms with Gasteiger partial charge in [-0.15, -0.1) is 11.8 Å². The molecule has 4 nitrogen and oxygen atoms in total. The molecule has 1 unspecified atom stereocenters. The Balaban J connectivity index is 2.33. The lowest BCUT2D eigenvalue weighted by molar-refractivity contribution is 0.648. The topological polar surface area (TPSA) is 53.5 Å². The van der Waals surface area contributed by atoms with Crippen LogP contribution >= 0.6 is 11.8 Å². The summed E-state index contributed by atoms with van der Waals surface area (Å²) in [6, 6.07) is 10.4. The van der Waals surface area contributed by atoms with Crippen molar-refractivity contribution in [1.82, 2.24) is 10.6 Å². The molecule has 0 heterocycles. The summed E-state index contributed by atoms with van der Waals surface area (Å²) in [7, 11) is -0.857. The Morgan fingerprint density at radius 2 is 1.91 bits per heavy atom. The Morgan fingerprint density at radius 1 is 1.22 bits per heavy atom. The van der Waals surface area contributed by atoms with Crippen LogP contribution in [0.3, 0.4) is 0 Å². The minimum absolute atomic E-state index is 0.173. The van der Waals surface area contributed by atoms with Crippen LogP contribution in [0.2, 0.25) is 0 Å². The average Bonchev–Trinajstić information content (AvgIpc) is 2.51. The number of hydrogen-bond acceptors (Lipinski definition) is 3. The fourth-order valence-electron chi connectivity index (χ4n) is 1.74. The number of benzene rings is 1.